The van der Waals surface area contributed by atoms with Crippen molar-refractivity contribution in [3.8, 4) is 5.75 Å². The number of carbonyl (C=O) groups is 1. The molecule has 5 N–H and O–H groups in total. The highest BCUT2D eigenvalue weighted by Crippen LogP contribution is 2.12. The Bertz CT molecular complexity index is 698. The molecule has 126 valence electrons. The van der Waals surface area contributed by atoms with Crippen molar-refractivity contribution in [2.45, 2.75) is 6.54 Å². The van der Waals surface area contributed by atoms with Crippen LogP contribution in [0.4, 0.5) is 0 Å². The topological polar surface area (TPSA) is 100 Å². The summed E-state index contributed by atoms with van der Waals surface area (Å²) in [4.78, 5) is 12.0. The van der Waals surface area contributed by atoms with E-state index in [-0.39, 0.29) is 11.7 Å². The molecular formula is C18H22N4O2. The second-order valence-corrected chi connectivity index (χ2v) is 5.27. The van der Waals surface area contributed by atoms with Crippen LogP contribution >= 0.6 is 0 Å². The molecule has 6 heteroatoms. The average molecular weight is 326 g/mol. The Kier molecular flexibility index (Phi) is 6.33. The van der Waals surface area contributed by atoms with Crippen molar-refractivity contribution < 1.29 is 9.53 Å². The Balaban J connectivity index is 1.78. The Morgan fingerprint density at radius 2 is 1.92 bits per heavy atom. The van der Waals surface area contributed by atoms with Gasteiger partial charge in [0.15, 0.2) is 0 Å². The van der Waals surface area contributed by atoms with Crippen molar-refractivity contribution >= 4 is 11.7 Å². The van der Waals surface area contributed by atoms with Crippen molar-refractivity contribution in [2.24, 2.45) is 5.73 Å². The van der Waals surface area contributed by atoms with Gasteiger partial charge in [0.05, 0.1) is 6.54 Å². The van der Waals surface area contributed by atoms with Gasteiger partial charge in [-0.05, 0) is 36.9 Å². The molecule has 2 rings (SSSR count). The predicted molar refractivity (Wildman–Crippen MR) is 94.5 cm³/mol. The fraction of sp³-hybridized carbons (Fsp3) is 0.222. The number of hydrogen-bond donors (Lipinski definition) is 4. The highest BCUT2D eigenvalue weighted by molar-refractivity contribution is 5.95. The predicted octanol–water partition coefficient (Wildman–Crippen LogP) is 1.50. The number of nitrogens with one attached hydrogen (secondary N) is 3. The average Bonchev–Trinajstić information content (AvgIpc) is 2.60. The maximum atomic E-state index is 12.0. The SMILES string of the molecule is CNCc1ccc(C(=O)NCCOc2cccc(C(=N)N)c2)cc1. The Morgan fingerprint density at radius 3 is 2.58 bits per heavy atom. The molecule has 0 aliphatic rings. The van der Waals surface area contributed by atoms with Crippen molar-refractivity contribution in [3.63, 3.8) is 0 Å². The standard InChI is InChI=1S/C18H22N4O2/c1-21-12-13-5-7-14(8-6-13)18(23)22-9-10-24-16-4-2-3-15(11-16)17(19)20/h2-8,11,21H,9-10,12H2,1H3,(H3,19,20)(H,22,23). The molecule has 0 aliphatic heterocycles. The summed E-state index contributed by atoms with van der Waals surface area (Å²) in [5.74, 6) is 0.482. The normalized spacial score (nSPS) is 10.2. The zero-order chi connectivity index (χ0) is 17.4. The van der Waals surface area contributed by atoms with Gasteiger partial charge in [0.25, 0.3) is 5.91 Å². The fourth-order valence-electron chi connectivity index (χ4n) is 2.17. The van der Waals surface area contributed by atoms with E-state index < -0.39 is 0 Å². The Hall–Kier alpha value is -2.86. The third kappa shape index (κ3) is 5.10. The van der Waals surface area contributed by atoms with Gasteiger partial charge in [-0.25, -0.2) is 0 Å². The molecule has 0 atom stereocenters. The first-order valence-electron chi connectivity index (χ1n) is 7.69. The van der Waals surface area contributed by atoms with E-state index in [1.54, 1.807) is 36.4 Å². The van der Waals surface area contributed by atoms with Crippen LogP contribution in [0.3, 0.4) is 0 Å². The number of carbonyl (C=O) groups excluding carboxylic acids is 1. The molecule has 0 aliphatic carbocycles. The number of rotatable bonds is 8. The van der Waals surface area contributed by atoms with Gasteiger partial charge in [-0.2, -0.15) is 0 Å². The third-order valence-corrected chi connectivity index (χ3v) is 3.40. The number of benzene rings is 2. The number of nitrogen functional groups attached to an aromatic ring is 1. The smallest absolute Gasteiger partial charge is 0.251 e. The first-order chi connectivity index (χ1) is 11.6. The van der Waals surface area contributed by atoms with Gasteiger partial charge in [-0.3, -0.25) is 10.2 Å². The minimum atomic E-state index is -0.132. The summed E-state index contributed by atoms with van der Waals surface area (Å²) < 4.78 is 5.56. The summed E-state index contributed by atoms with van der Waals surface area (Å²) in [7, 11) is 1.88. The van der Waals surface area contributed by atoms with E-state index in [9.17, 15) is 4.79 Å². The lowest BCUT2D eigenvalue weighted by atomic mass is 10.1. The zero-order valence-corrected chi connectivity index (χ0v) is 13.6. The van der Waals surface area contributed by atoms with Crippen LogP contribution in [-0.4, -0.2) is 31.9 Å². The summed E-state index contributed by atoms with van der Waals surface area (Å²) >= 11 is 0. The molecule has 0 fully saturated rings. The summed E-state index contributed by atoms with van der Waals surface area (Å²) in [6.45, 7) is 1.50. The molecule has 24 heavy (non-hydrogen) atoms. The van der Waals surface area contributed by atoms with Crippen molar-refractivity contribution in [3.05, 3.63) is 65.2 Å². The van der Waals surface area contributed by atoms with Crippen LogP contribution in [0.15, 0.2) is 48.5 Å². The van der Waals surface area contributed by atoms with E-state index in [2.05, 4.69) is 10.6 Å². The third-order valence-electron chi connectivity index (χ3n) is 3.40. The van der Waals surface area contributed by atoms with Gasteiger partial charge in [-0.1, -0.05) is 24.3 Å². The van der Waals surface area contributed by atoms with Crippen LogP contribution in [0.1, 0.15) is 21.5 Å². The zero-order valence-electron chi connectivity index (χ0n) is 13.6. The summed E-state index contributed by atoms with van der Waals surface area (Å²) in [5.41, 5.74) is 7.79. The summed E-state index contributed by atoms with van der Waals surface area (Å²) in [6, 6.07) is 14.5. The molecule has 0 saturated carbocycles. The molecule has 0 radical (unpaired) electrons. The van der Waals surface area contributed by atoms with Gasteiger partial charge in [0.2, 0.25) is 0 Å². The molecule has 2 aromatic carbocycles. The Labute approximate surface area is 141 Å². The van der Waals surface area contributed by atoms with Crippen LogP contribution in [0, 0.1) is 5.41 Å². The number of amidine groups is 1. The lowest BCUT2D eigenvalue weighted by Gasteiger charge is -2.09. The first-order valence-corrected chi connectivity index (χ1v) is 7.69. The minimum absolute atomic E-state index is 0.00419. The molecule has 0 bridgehead atoms. The minimum Gasteiger partial charge on any atom is -0.492 e. The quantitative estimate of drug-likeness (QED) is 0.335. The highest BCUT2D eigenvalue weighted by Gasteiger charge is 2.05. The van der Waals surface area contributed by atoms with Crippen LogP contribution in [0.25, 0.3) is 0 Å². The lowest BCUT2D eigenvalue weighted by Crippen LogP contribution is -2.28. The molecule has 6 nitrogen and oxygen atoms in total. The monoisotopic (exact) mass is 326 g/mol. The van der Waals surface area contributed by atoms with Gasteiger partial charge >= 0.3 is 0 Å². The number of ether oxygens (including phenoxy) is 1. The van der Waals surface area contributed by atoms with Gasteiger partial charge < -0.3 is 21.1 Å². The fourth-order valence-corrected chi connectivity index (χ4v) is 2.17. The molecule has 1 amide bonds. The van der Waals surface area contributed by atoms with E-state index in [0.717, 1.165) is 12.1 Å². The van der Waals surface area contributed by atoms with Crippen LogP contribution < -0.4 is 21.1 Å². The summed E-state index contributed by atoms with van der Waals surface area (Å²) in [5, 5.41) is 13.3. The van der Waals surface area contributed by atoms with E-state index in [0.29, 0.717) is 30.0 Å². The van der Waals surface area contributed by atoms with E-state index in [4.69, 9.17) is 15.9 Å². The lowest BCUT2D eigenvalue weighted by molar-refractivity contribution is 0.0947. The van der Waals surface area contributed by atoms with Crippen molar-refractivity contribution in [1.29, 1.82) is 5.41 Å². The number of amides is 1. The molecule has 0 unspecified atom stereocenters. The molecular weight excluding hydrogens is 304 g/mol. The van der Waals surface area contributed by atoms with Gasteiger partial charge in [0, 0.05) is 17.7 Å². The number of hydrogen-bond acceptors (Lipinski definition) is 4. The van der Waals surface area contributed by atoms with E-state index in [1.807, 2.05) is 19.2 Å². The molecule has 0 heterocycles. The second kappa shape index (κ2) is 8.69. The molecule has 0 saturated heterocycles. The largest absolute Gasteiger partial charge is 0.492 e. The van der Waals surface area contributed by atoms with E-state index >= 15 is 0 Å². The maximum absolute atomic E-state index is 12.0. The van der Waals surface area contributed by atoms with Gasteiger partial charge in [0.1, 0.15) is 18.2 Å². The molecule has 2 aromatic rings. The summed E-state index contributed by atoms with van der Waals surface area (Å²) in [6.07, 6.45) is 0. The number of nitrogens with two attached hydrogens (primary N) is 1. The van der Waals surface area contributed by atoms with Gasteiger partial charge in [-0.15, -0.1) is 0 Å². The Morgan fingerprint density at radius 1 is 1.17 bits per heavy atom. The highest BCUT2D eigenvalue weighted by atomic mass is 16.5. The first kappa shape index (κ1) is 17.5. The van der Waals surface area contributed by atoms with Crippen LogP contribution in [-0.2, 0) is 6.54 Å². The van der Waals surface area contributed by atoms with Crippen LogP contribution in [0.5, 0.6) is 5.75 Å². The van der Waals surface area contributed by atoms with E-state index in [1.165, 1.54) is 0 Å². The van der Waals surface area contributed by atoms with Crippen molar-refractivity contribution in [2.75, 3.05) is 20.2 Å². The molecule has 0 spiro atoms. The maximum Gasteiger partial charge on any atom is 0.251 e. The van der Waals surface area contributed by atoms with Crippen molar-refractivity contribution in [1.82, 2.24) is 10.6 Å². The van der Waals surface area contributed by atoms with Crippen LogP contribution in [0.2, 0.25) is 0 Å². The second-order valence-electron chi connectivity index (χ2n) is 5.27. The molecule has 0 aromatic heterocycles.